The molecule has 0 unspecified atom stereocenters. The van der Waals surface area contributed by atoms with Crippen LogP contribution in [-0.4, -0.2) is 15.5 Å². The van der Waals surface area contributed by atoms with Gasteiger partial charge in [-0.05, 0) is 0 Å². The summed E-state index contributed by atoms with van der Waals surface area (Å²) in [5.41, 5.74) is 1.27. The van der Waals surface area contributed by atoms with E-state index < -0.39 is 5.76 Å². The van der Waals surface area contributed by atoms with Gasteiger partial charge < -0.3 is 0 Å². The highest BCUT2D eigenvalue weighted by molar-refractivity contribution is 5.96. The molecule has 21 heavy (non-hydrogen) atoms. The summed E-state index contributed by atoms with van der Waals surface area (Å²) >= 11 is 0. The van der Waals surface area contributed by atoms with Crippen LogP contribution in [0.4, 0.5) is 0 Å². The maximum absolute atomic E-state index is 12.2. The first-order valence-corrected chi connectivity index (χ1v) is 6.46. The van der Waals surface area contributed by atoms with E-state index in [9.17, 15) is 9.59 Å². The standard InChI is InChI=1S/C16H12N2O3/c19-14(12-7-3-1-4-8-12)11-18-15(17-21-16(18)20)13-9-5-2-6-10-13/h1-10H,11H2. The van der Waals surface area contributed by atoms with Gasteiger partial charge in [0.2, 0.25) is 0 Å². The summed E-state index contributed by atoms with van der Waals surface area (Å²) in [6.07, 6.45) is 0. The van der Waals surface area contributed by atoms with Crippen LogP contribution in [0.25, 0.3) is 11.4 Å². The molecule has 0 fully saturated rings. The number of aromatic nitrogens is 2. The summed E-state index contributed by atoms with van der Waals surface area (Å²) in [6, 6.07) is 18.0. The molecular formula is C16H12N2O3. The van der Waals surface area contributed by atoms with E-state index in [0.717, 1.165) is 5.56 Å². The fourth-order valence-corrected chi connectivity index (χ4v) is 2.06. The minimum atomic E-state index is -0.641. The van der Waals surface area contributed by atoms with Crippen molar-refractivity contribution in [3.05, 3.63) is 76.8 Å². The number of Topliss-reactive ketones (excluding diaryl/α,β-unsaturated/α-hetero) is 1. The van der Waals surface area contributed by atoms with Gasteiger partial charge in [-0.2, -0.15) is 0 Å². The van der Waals surface area contributed by atoms with Gasteiger partial charge in [0, 0.05) is 11.1 Å². The Morgan fingerprint density at radius 1 is 1.00 bits per heavy atom. The van der Waals surface area contributed by atoms with Crippen LogP contribution in [0.3, 0.4) is 0 Å². The second kappa shape index (κ2) is 5.58. The van der Waals surface area contributed by atoms with Gasteiger partial charge in [0.1, 0.15) is 0 Å². The number of ketones is 1. The van der Waals surface area contributed by atoms with Crippen molar-refractivity contribution in [1.29, 1.82) is 0 Å². The van der Waals surface area contributed by atoms with Crippen molar-refractivity contribution in [2.24, 2.45) is 0 Å². The number of nitrogens with zero attached hydrogens (tertiary/aromatic N) is 2. The molecular weight excluding hydrogens is 268 g/mol. The number of carbonyl (C=O) groups is 1. The fourth-order valence-electron chi connectivity index (χ4n) is 2.06. The lowest BCUT2D eigenvalue weighted by Crippen LogP contribution is -2.21. The van der Waals surface area contributed by atoms with E-state index in [1.54, 1.807) is 36.4 Å². The maximum Gasteiger partial charge on any atom is 0.442 e. The van der Waals surface area contributed by atoms with Crippen molar-refractivity contribution in [1.82, 2.24) is 9.72 Å². The van der Waals surface area contributed by atoms with Gasteiger partial charge in [-0.3, -0.25) is 9.32 Å². The predicted molar refractivity (Wildman–Crippen MR) is 77.0 cm³/mol. The lowest BCUT2D eigenvalue weighted by atomic mass is 10.1. The van der Waals surface area contributed by atoms with E-state index in [1.807, 2.05) is 24.3 Å². The van der Waals surface area contributed by atoms with E-state index in [1.165, 1.54) is 4.57 Å². The second-order valence-corrected chi connectivity index (χ2v) is 4.51. The topological polar surface area (TPSA) is 65.1 Å². The Labute approximate surface area is 120 Å². The molecule has 3 rings (SSSR count). The predicted octanol–water partition coefficient (Wildman–Crippen LogP) is 2.39. The zero-order chi connectivity index (χ0) is 14.7. The molecule has 3 aromatic rings. The first-order valence-electron chi connectivity index (χ1n) is 6.46. The van der Waals surface area contributed by atoms with Gasteiger partial charge in [0.25, 0.3) is 0 Å². The van der Waals surface area contributed by atoms with Crippen molar-refractivity contribution in [2.45, 2.75) is 6.54 Å². The minimum absolute atomic E-state index is 0.101. The van der Waals surface area contributed by atoms with Crippen LogP contribution in [0, 0.1) is 0 Å². The monoisotopic (exact) mass is 280 g/mol. The van der Waals surface area contributed by atoms with E-state index in [4.69, 9.17) is 4.52 Å². The highest BCUT2D eigenvalue weighted by atomic mass is 16.5. The molecule has 0 atom stereocenters. The smallest absolute Gasteiger partial charge is 0.295 e. The fraction of sp³-hybridized carbons (Fsp3) is 0.0625. The van der Waals surface area contributed by atoms with Crippen molar-refractivity contribution >= 4 is 5.78 Å². The third kappa shape index (κ3) is 2.67. The van der Waals surface area contributed by atoms with E-state index >= 15 is 0 Å². The molecule has 0 aliphatic rings. The summed E-state index contributed by atoms with van der Waals surface area (Å²) < 4.78 is 5.93. The number of rotatable bonds is 4. The van der Waals surface area contributed by atoms with Crippen LogP contribution < -0.4 is 5.76 Å². The summed E-state index contributed by atoms with van der Waals surface area (Å²) in [4.78, 5) is 24.0. The molecule has 1 heterocycles. The van der Waals surface area contributed by atoms with Crippen LogP contribution in [0.2, 0.25) is 0 Å². The van der Waals surface area contributed by atoms with Gasteiger partial charge >= 0.3 is 5.76 Å². The highest BCUT2D eigenvalue weighted by Gasteiger charge is 2.16. The molecule has 1 aromatic heterocycles. The third-order valence-electron chi connectivity index (χ3n) is 3.12. The zero-order valence-electron chi connectivity index (χ0n) is 11.1. The Hall–Kier alpha value is -2.95. The van der Waals surface area contributed by atoms with Gasteiger partial charge in [-0.15, -0.1) is 0 Å². The van der Waals surface area contributed by atoms with Crippen molar-refractivity contribution in [2.75, 3.05) is 0 Å². The molecule has 0 aliphatic carbocycles. The molecule has 2 aromatic carbocycles. The Kier molecular flexibility index (Phi) is 3.47. The molecule has 0 spiro atoms. The van der Waals surface area contributed by atoms with Crippen LogP contribution >= 0.6 is 0 Å². The average Bonchev–Trinajstić information content (AvgIpc) is 2.90. The first-order chi connectivity index (χ1) is 10.3. The third-order valence-corrected chi connectivity index (χ3v) is 3.12. The Balaban J connectivity index is 1.95. The van der Waals surface area contributed by atoms with Crippen molar-refractivity contribution < 1.29 is 9.32 Å². The molecule has 0 N–H and O–H groups in total. The molecule has 0 bridgehead atoms. The van der Waals surface area contributed by atoms with Crippen LogP contribution in [0.1, 0.15) is 10.4 Å². The van der Waals surface area contributed by atoms with Gasteiger partial charge in [-0.1, -0.05) is 65.8 Å². The Morgan fingerprint density at radius 2 is 1.62 bits per heavy atom. The molecule has 0 aliphatic heterocycles. The SMILES string of the molecule is O=C(Cn1c(-c2ccccc2)noc1=O)c1ccccc1. The van der Waals surface area contributed by atoms with Crippen LogP contribution in [0.5, 0.6) is 0 Å². The number of benzene rings is 2. The summed E-state index contributed by atoms with van der Waals surface area (Å²) in [6.45, 7) is -0.101. The lowest BCUT2D eigenvalue weighted by Gasteiger charge is -2.04. The largest absolute Gasteiger partial charge is 0.442 e. The zero-order valence-corrected chi connectivity index (χ0v) is 11.1. The van der Waals surface area contributed by atoms with Gasteiger partial charge in [0.15, 0.2) is 11.6 Å². The summed E-state index contributed by atoms with van der Waals surface area (Å²) in [5.74, 6) is -0.457. The first kappa shape index (κ1) is 13.1. The molecule has 0 saturated carbocycles. The van der Waals surface area contributed by atoms with Crippen molar-refractivity contribution in [3.63, 3.8) is 0 Å². The second-order valence-electron chi connectivity index (χ2n) is 4.51. The Bertz CT molecular complexity index is 804. The number of hydrogen-bond acceptors (Lipinski definition) is 4. The summed E-state index contributed by atoms with van der Waals surface area (Å²) in [7, 11) is 0. The van der Waals surface area contributed by atoms with Gasteiger partial charge in [-0.25, -0.2) is 9.36 Å². The highest BCUT2D eigenvalue weighted by Crippen LogP contribution is 2.15. The molecule has 5 heteroatoms. The number of hydrogen-bond donors (Lipinski definition) is 0. The average molecular weight is 280 g/mol. The van der Waals surface area contributed by atoms with Gasteiger partial charge in [0.05, 0.1) is 6.54 Å². The molecule has 0 amide bonds. The molecule has 0 radical (unpaired) electrons. The maximum atomic E-state index is 12.2. The molecule has 0 saturated heterocycles. The van der Waals surface area contributed by atoms with E-state index in [0.29, 0.717) is 11.4 Å². The molecule has 5 nitrogen and oxygen atoms in total. The Morgan fingerprint density at radius 3 is 2.29 bits per heavy atom. The number of carbonyl (C=O) groups excluding carboxylic acids is 1. The quantitative estimate of drug-likeness (QED) is 0.688. The normalized spacial score (nSPS) is 10.5. The van der Waals surface area contributed by atoms with Crippen molar-refractivity contribution in [3.8, 4) is 11.4 Å². The summed E-state index contributed by atoms with van der Waals surface area (Å²) in [5, 5.41) is 3.76. The van der Waals surface area contributed by atoms with E-state index in [-0.39, 0.29) is 12.3 Å². The van der Waals surface area contributed by atoms with Crippen LogP contribution in [0.15, 0.2) is 70.0 Å². The molecule has 104 valence electrons. The van der Waals surface area contributed by atoms with Crippen LogP contribution in [-0.2, 0) is 6.54 Å². The minimum Gasteiger partial charge on any atom is -0.295 e. The lowest BCUT2D eigenvalue weighted by molar-refractivity contribution is 0.0970. The van der Waals surface area contributed by atoms with E-state index in [2.05, 4.69) is 5.16 Å².